The van der Waals surface area contributed by atoms with Gasteiger partial charge in [-0.25, -0.2) is 4.98 Å². The van der Waals surface area contributed by atoms with Gasteiger partial charge in [-0.15, -0.1) is 5.10 Å². The van der Waals surface area contributed by atoms with E-state index in [0.29, 0.717) is 12.1 Å². The molecule has 0 bridgehead atoms. The first kappa shape index (κ1) is 16.5. The van der Waals surface area contributed by atoms with Crippen molar-refractivity contribution >= 4 is 11.8 Å². The van der Waals surface area contributed by atoms with Crippen LogP contribution in [0.3, 0.4) is 0 Å². The molecule has 0 saturated heterocycles. The summed E-state index contributed by atoms with van der Waals surface area (Å²) >= 11 is 0. The van der Waals surface area contributed by atoms with E-state index in [2.05, 4.69) is 20.7 Å². The molecule has 2 heterocycles. The molecule has 0 saturated carbocycles. The van der Waals surface area contributed by atoms with Crippen molar-refractivity contribution in [3.63, 3.8) is 0 Å². The number of aryl methyl sites for hydroxylation is 2. The second kappa shape index (κ2) is 7.97. The Morgan fingerprint density at radius 1 is 1.35 bits per heavy atom. The summed E-state index contributed by atoms with van der Waals surface area (Å²) in [6.07, 6.45) is 7.62. The summed E-state index contributed by atoms with van der Waals surface area (Å²) < 4.78 is 8.42. The fourth-order valence-corrected chi connectivity index (χ4v) is 2.00. The highest BCUT2D eigenvalue weighted by atomic mass is 16.5. The molecule has 0 atom stereocenters. The number of aromatic nitrogens is 4. The van der Waals surface area contributed by atoms with Gasteiger partial charge in [0.15, 0.2) is 0 Å². The van der Waals surface area contributed by atoms with Crippen LogP contribution in [0.4, 0.5) is 0 Å². The molecule has 0 aliphatic rings. The lowest BCUT2D eigenvalue weighted by Gasteiger charge is -2.07. The molecule has 0 fully saturated rings. The highest BCUT2D eigenvalue weighted by molar-refractivity contribution is 5.98. The topological polar surface area (TPSA) is 103 Å². The number of hydrogen-bond acceptors (Lipinski definition) is 5. The Kier molecular flexibility index (Phi) is 5.73. The molecule has 2 aromatic rings. The van der Waals surface area contributed by atoms with Gasteiger partial charge in [-0.2, -0.15) is 0 Å². The fourth-order valence-electron chi connectivity index (χ4n) is 2.00. The average Bonchev–Trinajstić information content (AvgIpc) is 3.18. The lowest BCUT2D eigenvalue weighted by Crippen LogP contribution is -2.37. The van der Waals surface area contributed by atoms with Crippen LogP contribution in [-0.4, -0.2) is 51.3 Å². The van der Waals surface area contributed by atoms with Crippen molar-refractivity contribution in [2.45, 2.75) is 13.0 Å². The van der Waals surface area contributed by atoms with Crippen molar-refractivity contribution in [1.82, 2.24) is 30.0 Å². The Bertz CT molecular complexity index is 650. The number of ether oxygens (including phenoxy) is 1. The van der Waals surface area contributed by atoms with Crippen molar-refractivity contribution in [1.29, 1.82) is 0 Å². The predicted molar refractivity (Wildman–Crippen MR) is 81.9 cm³/mol. The minimum absolute atomic E-state index is 0.0953. The van der Waals surface area contributed by atoms with Gasteiger partial charge < -0.3 is 19.9 Å². The molecular formula is C14H20N6O3. The molecule has 2 amide bonds. The van der Waals surface area contributed by atoms with Gasteiger partial charge in [0.25, 0.3) is 5.91 Å². The maximum absolute atomic E-state index is 12.0. The van der Waals surface area contributed by atoms with E-state index in [1.165, 1.54) is 18.0 Å². The maximum Gasteiger partial charge on any atom is 0.258 e. The molecule has 2 N–H and O–H groups in total. The van der Waals surface area contributed by atoms with Crippen LogP contribution in [0, 0.1) is 0 Å². The molecule has 9 heteroatoms. The summed E-state index contributed by atoms with van der Waals surface area (Å²) in [5.74, 6) is -0.416. The number of hydrogen-bond donors (Lipinski definition) is 2. The van der Waals surface area contributed by atoms with E-state index in [1.54, 1.807) is 19.6 Å². The molecule has 2 aromatic heterocycles. The zero-order chi connectivity index (χ0) is 16.7. The number of amides is 2. The van der Waals surface area contributed by atoms with Crippen molar-refractivity contribution < 1.29 is 14.3 Å². The Hall–Kier alpha value is -2.84. The molecule has 0 aliphatic carbocycles. The standard InChI is InChI=1S/C14H20N6O3/c1-19-9-11(14(18-19)23-2)13(22)17-8-12(21)16-4-3-6-20-7-5-15-10-20/h5,7,9-10H,3-4,6,8H2,1-2H3,(H,16,21)(H,17,22). The Morgan fingerprint density at radius 2 is 2.17 bits per heavy atom. The van der Waals surface area contributed by atoms with Gasteiger partial charge >= 0.3 is 0 Å². The van der Waals surface area contributed by atoms with E-state index in [1.807, 2.05) is 10.8 Å². The molecule has 0 radical (unpaired) electrons. The van der Waals surface area contributed by atoms with Crippen LogP contribution in [0.1, 0.15) is 16.8 Å². The monoisotopic (exact) mass is 320 g/mol. The molecular weight excluding hydrogens is 300 g/mol. The third kappa shape index (κ3) is 4.83. The van der Waals surface area contributed by atoms with Crippen molar-refractivity contribution in [2.75, 3.05) is 20.2 Å². The number of imidazole rings is 1. The number of methoxy groups -OCH3 is 1. The second-order valence-electron chi connectivity index (χ2n) is 4.91. The predicted octanol–water partition coefficient (Wildman–Crippen LogP) is -0.438. The number of nitrogens with one attached hydrogen (secondary N) is 2. The van der Waals surface area contributed by atoms with Crippen LogP contribution in [0.15, 0.2) is 24.9 Å². The Morgan fingerprint density at radius 3 is 2.87 bits per heavy atom. The van der Waals surface area contributed by atoms with Crippen LogP contribution in [-0.2, 0) is 18.4 Å². The van der Waals surface area contributed by atoms with Crippen LogP contribution in [0.25, 0.3) is 0 Å². The normalized spacial score (nSPS) is 10.3. The third-order valence-corrected chi connectivity index (χ3v) is 3.12. The van der Waals surface area contributed by atoms with E-state index < -0.39 is 5.91 Å². The summed E-state index contributed by atoms with van der Waals surface area (Å²) in [6.45, 7) is 1.21. The van der Waals surface area contributed by atoms with Gasteiger partial charge in [-0.3, -0.25) is 14.3 Å². The summed E-state index contributed by atoms with van der Waals surface area (Å²) in [5.41, 5.74) is 0.294. The Labute approximate surface area is 133 Å². The number of carbonyl (C=O) groups is 2. The van der Waals surface area contributed by atoms with Gasteiger partial charge in [0, 0.05) is 38.7 Å². The molecule has 0 aromatic carbocycles. The minimum atomic E-state index is -0.400. The first-order valence-electron chi connectivity index (χ1n) is 7.18. The molecule has 0 unspecified atom stereocenters. The highest BCUT2D eigenvalue weighted by Gasteiger charge is 2.16. The number of rotatable bonds is 8. The molecule has 0 spiro atoms. The van der Waals surface area contributed by atoms with Gasteiger partial charge in [0.2, 0.25) is 11.8 Å². The zero-order valence-corrected chi connectivity index (χ0v) is 13.2. The second-order valence-corrected chi connectivity index (χ2v) is 4.91. The summed E-state index contributed by atoms with van der Waals surface area (Å²) in [4.78, 5) is 27.6. The van der Waals surface area contributed by atoms with E-state index in [0.717, 1.165) is 13.0 Å². The van der Waals surface area contributed by atoms with Crippen LogP contribution < -0.4 is 15.4 Å². The number of nitrogens with zero attached hydrogens (tertiary/aromatic N) is 4. The molecule has 0 aliphatic heterocycles. The first-order valence-corrected chi connectivity index (χ1v) is 7.18. The first-order chi connectivity index (χ1) is 11.1. The largest absolute Gasteiger partial charge is 0.479 e. The smallest absolute Gasteiger partial charge is 0.258 e. The highest BCUT2D eigenvalue weighted by Crippen LogP contribution is 2.13. The van der Waals surface area contributed by atoms with Crippen LogP contribution in [0.5, 0.6) is 5.88 Å². The van der Waals surface area contributed by atoms with Crippen LogP contribution in [0.2, 0.25) is 0 Å². The fraction of sp³-hybridized carbons (Fsp3) is 0.429. The van der Waals surface area contributed by atoms with E-state index in [9.17, 15) is 9.59 Å². The lowest BCUT2D eigenvalue weighted by atomic mass is 10.3. The van der Waals surface area contributed by atoms with Crippen molar-refractivity contribution in [3.8, 4) is 5.88 Å². The summed E-state index contributed by atoms with van der Waals surface area (Å²) in [6, 6.07) is 0. The Balaban J connectivity index is 1.68. The van der Waals surface area contributed by atoms with Gasteiger partial charge in [0.05, 0.1) is 20.0 Å². The van der Waals surface area contributed by atoms with E-state index >= 15 is 0 Å². The number of carbonyl (C=O) groups excluding carboxylic acids is 2. The quantitative estimate of drug-likeness (QED) is 0.642. The van der Waals surface area contributed by atoms with Gasteiger partial charge in [-0.05, 0) is 6.42 Å². The van der Waals surface area contributed by atoms with E-state index in [4.69, 9.17) is 4.74 Å². The molecule has 2 rings (SSSR count). The zero-order valence-electron chi connectivity index (χ0n) is 13.2. The molecule has 124 valence electrons. The van der Waals surface area contributed by atoms with E-state index in [-0.39, 0.29) is 18.3 Å². The SMILES string of the molecule is COc1nn(C)cc1C(=O)NCC(=O)NCCCn1ccnc1. The minimum Gasteiger partial charge on any atom is -0.479 e. The van der Waals surface area contributed by atoms with Gasteiger partial charge in [-0.1, -0.05) is 0 Å². The third-order valence-electron chi connectivity index (χ3n) is 3.12. The van der Waals surface area contributed by atoms with Crippen molar-refractivity contribution in [3.05, 3.63) is 30.5 Å². The average molecular weight is 320 g/mol. The summed E-state index contributed by atoms with van der Waals surface area (Å²) in [5, 5.41) is 9.28. The maximum atomic E-state index is 12.0. The lowest BCUT2D eigenvalue weighted by molar-refractivity contribution is -0.120. The molecule has 9 nitrogen and oxygen atoms in total. The summed E-state index contributed by atoms with van der Waals surface area (Å²) in [7, 11) is 3.12. The van der Waals surface area contributed by atoms with Crippen LogP contribution >= 0.6 is 0 Å². The van der Waals surface area contributed by atoms with Gasteiger partial charge in [0.1, 0.15) is 5.56 Å². The molecule has 23 heavy (non-hydrogen) atoms. The van der Waals surface area contributed by atoms with Crippen molar-refractivity contribution in [2.24, 2.45) is 7.05 Å².